The molecule has 0 bridgehead atoms. The average molecular weight is 434 g/mol. The lowest BCUT2D eigenvalue weighted by Gasteiger charge is -2.35. The second-order valence-electron chi connectivity index (χ2n) is 6.38. The number of rotatable bonds is 8. The Hall–Kier alpha value is -1.57. The molecule has 1 heterocycles. The number of nitrogens with one attached hydrogen (secondary N) is 1. The van der Waals surface area contributed by atoms with Crippen molar-refractivity contribution in [3.05, 3.63) is 24.3 Å². The van der Waals surface area contributed by atoms with E-state index < -0.39 is 20.2 Å². The van der Waals surface area contributed by atoms with E-state index >= 15 is 0 Å². The number of primary sulfonamides is 1. The first-order valence-electron chi connectivity index (χ1n) is 8.98. The predicted octanol–water partition coefficient (Wildman–Crippen LogP) is -0.523. The normalized spacial score (nSPS) is 17.0. The fraction of sp³-hybridized carbons (Fsp3) is 0.562. The summed E-state index contributed by atoms with van der Waals surface area (Å²) in [6.45, 7) is 6.14. The molecule has 0 saturated carbocycles. The Kier molecular flexibility index (Phi) is 7.53. The van der Waals surface area contributed by atoms with Crippen molar-refractivity contribution in [1.29, 1.82) is 0 Å². The van der Waals surface area contributed by atoms with Crippen molar-refractivity contribution in [2.45, 2.75) is 18.7 Å². The van der Waals surface area contributed by atoms with Crippen LogP contribution in [0.1, 0.15) is 13.8 Å². The lowest BCUT2D eigenvalue weighted by molar-refractivity contribution is -0.117. The first-order valence-corrected chi connectivity index (χ1v) is 11.9. The fourth-order valence-electron chi connectivity index (χ4n) is 2.96. The number of piperazine rings is 1. The van der Waals surface area contributed by atoms with Gasteiger partial charge in [-0.1, -0.05) is 13.8 Å². The van der Waals surface area contributed by atoms with Crippen molar-refractivity contribution in [1.82, 2.24) is 13.5 Å². The Balaban J connectivity index is 1.87. The lowest BCUT2D eigenvalue weighted by Crippen LogP contribution is -2.54. The maximum atomic E-state index is 12.5. The average Bonchev–Trinajstić information content (AvgIpc) is 2.62. The zero-order valence-corrected chi connectivity index (χ0v) is 17.7. The second-order valence-corrected chi connectivity index (χ2v) is 9.87. The molecule has 1 amide bonds. The van der Waals surface area contributed by atoms with Gasteiger partial charge >= 0.3 is 0 Å². The third kappa shape index (κ3) is 5.72. The molecule has 0 aliphatic carbocycles. The highest BCUT2D eigenvalue weighted by Crippen LogP contribution is 2.14. The lowest BCUT2D eigenvalue weighted by atomic mass is 10.3. The minimum absolute atomic E-state index is 0.0315. The van der Waals surface area contributed by atoms with Gasteiger partial charge in [0.15, 0.2) is 0 Å². The summed E-state index contributed by atoms with van der Waals surface area (Å²) < 4.78 is 50.4. The van der Waals surface area contributed by atoms with Crippen LogP contribution in [0.15, 0.2) is 29.2 Å². The number of amides is 1. The molecule has 1 aromatic rings. The van der Waals surface area contributed by atoms with Crippen LogP contribution < -0.4 is 10.5 Å². The predicted molar refractivity (Wildman–Crippen MR) is 106 cm³/mol. The van der Waals surface area contributed by atoms with E-state index in [1.807, 2.05) is 4.90 Å². The molecule has 0 radical (unpaired) electrons. The van der Waals surface area contributed by atoms with E-state index in [9.17, 15) is 21.6 Å². The van der Waals surface area contributed by atoms with Gasteiger partial charge in [0.25, 0.3) is 10.2 Å². The molecule has 1 aliphatic heterocycles. The molecule has 1 aliphatic rings. The number of carbonyl (C=O) groups is 1. The summed E-state index contributed by atoms with van der Waals surface area (Å²) in [5.41, 5.74) is 0.458. The Bertz CT molecular complexity index is 875. The van der Waals surface area contributed by atoms with Gasteiger partial charge in [-0.15, -0.1) is 0 Å². The van der Waals surface area contributed by atoms with Gasteiger partial charge in [-0.05, 0) is 24.3 Å². The fourth-order valence-corrected chi connectivity index (χ4v) is 5.08. The Morgan fingerprint density at radius 2 is 1.57 bits per heavy atom. The number of sulfonamides is 1. The Morgan fingerprint density at radius 3 is 2.04 bits per heavy atom. The van der Waals surface area contributed by atoms with Crippen LogP contribution in [0.25, 0.3) is 0 Å². The van der Waals surface area contributed by atoms with Crippen LogP contribution in [0, 0.1) is 0 Å². The van der Waals surface area contributed by atoms with Crippen molar-refractivity contribution >= 4 is 31.8 Å². The summed E-state index contributed by atoms with van der Waals surface area (Å²) in [5, 5.41) is 7.73. The van der Waals surface area contributed by atoms with Crippen LogP contribution in [0.5, 0.6) is 0 Å². The quantitative estimate of drug-likeness (QED) is 0.567. The Labute approximate surface area is 166 Å². The molecule has 0 spiro atoms. The van der Waals surface area contributed by atoms with Crippen molar-refractivity contribution in [3.63, 3.8) is 0 Å². The number of carbonyl (C=O) groups excluding carboxylic acids is 1. The van der Waals surface area contributed by atoms with Crippen LogP contribution in [-0.2, 0) is 25.0 Å². The molecule has 1 saturated heterocycles. The SMILES string of the molecule is CCN(CC)S(=O)(=O)N1CCN(CC(=O)Nc2ccc(S(N)(=O)=O)cc2)CC1. The van der Waals surface area contributed by atoms with Gasteiger partial charge in [0.05, 0.1) is 11.4 Å². The molecule has 10 nitrogen and oxygen atoms in total. The number of nitrogens with zero attached hydrogens (tertiary/aromatic N) is 3. The summed E-state index contributed by atoms with van der Waals surface area (Å²) in [5.74, 6) is -0.261. The Morgan fingerprint density at radius 1 is 1.04 bits per heavy atom. The molecule has 1 fully saturated rings. The van der Waals surface area contributed by atoms with Crippen molar-refractivity contribution in [2.24, 2.45) is 5.14 Å². The van der Waals surface area contributed by atoms with Crippen LogP contribution in [0.3, 0.4) is 0 Å². The molecule has 12 heteroatoms. The van der Waals surface area contributed by atoms with Crippen molar-refractivity contribution in [3.8, 4) is 0 Å². The van der Waals surface area contributed by atoms with Crippen molar-refractivity contribution in [2.75, 3.05) is 51.1 Å². The van der Waals surface area contributed by atoms with Gasteiger partial charge in [0, 0.05) is 45.0 Å². The van der Waals surface area contributed by atoms with Gasteiger partial charge in [-0.3, -0.25) is 9.69 Å². The molecular weight excluding hydrogens is 406 g/mol. The van der Waals surface area contributed by atoms with E-state index in [0.29, 0.717) is 45.0 Å². The monoisotopic (exact) mass is 433 g/mol. The molecule has 28 heavy (non-hydrogen) atoms. The van der Waals surface area contributed by atoms with Crippen LogP contribution in [0.4, 0.5) is 5.69 Å². The third-order valence-corrected chi connectivity index (χ3v) is 7.64. The van der Waals surface area contributed by atoms with E-state index in [1.54, 1.807) is 13.8 Å². The largest absolute Gasteiger partial charge is 0.325 e. The van der Waals surface area contributed by atoms with Crippen LogP contribution in [-0.4, -0.2) is 82.1 Å². The number of benzene rings is 1. The molecule has 1 aromatic carbocycles. The maximum Gasteiger partial charge on any atom is 0.282 e. The van der Waals surface area contributed by atoms with Gasteiger partial charge < -0.3 is 5.32 Å². The number of anilines is 1. The minimum atomic E-state index is -3.78. The van der Waals surface area contributed by atoms with Crippen LogP contribution in [0.2, 0.25) is 0 Å². The number of nitrogens with two attached hydrogens (primary N) is 1. The summed E-state index contributed by atoms with van der Waals surface area (Å²) in [6, 6.07) is 5.57. The molecule has 0 aromatic heterocycles. The number of hydrogen-bond donors (Lipinski definition) is 2. The highest BCUT2D eigenvalue weighted by atomic mass is 32.2. The van der Waals surface area contributed by atoms with E-state index in [0.717, 1.165) is 0 Å². The van der Waals surface area contributed by atoms with E-state index in [2.05, 4.69) is 5.32 Å². The molecule has 2 rings (SSSR count). The second kappa shape index (κ2) is 9.29. The first kappa shape index (κ1) is 22.7. The molecular formula is C16H27N5O5S2. The maximum absolute atomic E-state index is 12.5. The standard InChI is InChI=1S/C16H27N5O5S2/c1-3-20(4-2)28(25,26)21-11-9-19(10-12-21)13-16(22)18-14-5-7-15(8-6-14)27(17,23)24/h5-8H,3-4,9-13H2,1-2H3,(H,18,22)(H2,17,23,24). The van der Waals surface area contributed by atoms with Gasteiger partial charge in [-0.25, -0.2) is 13.6 Å². The molecule has 158 valence electrons. The molecule has 3 N–H and O–H groups in total. The van der Waals surface area contributed by atoms with Gasteiger partial charge in [0.2, 0.25) is 15.9 Å². The molecule has 0 atom stereocenters. The van der Waals surface area contributed by atoms with Gasteiger partial charge in [0.1, 0.15) is 0 Å². The van der Waals surface area contributed by atoms with E-state index in [1.165, 1.54) is 32.9 Å². The van der Waals surface area contributed by atoms with E-state index in [-0.39, 0.29) is 17.3 Å². The smallest absolute Gasteiger partial charge is 0.282 e. The topological polar surface area (TPSA) is 133 Å². The van der Waals surface area contributed by atoms with Gasteiger partial charge in [-0.2, -0.15) is 17.0 Å². The summed E-state index contributed by atoms with van der Waals surface area (Å²) >= 11 is 0. The first-order chi connectivity index (χ1) is 13.1. The summed E-state index contributed by atoms with van der Waals surface area (Å²) in [7, 11) is -7.24. The zero-order valence-electron chi connectivity index (χ0n) is 16.0. The van der Waals surface area contributed by atoms with E-state index in [4.69, 9.17) is 5.14 Å². The number of hydrogen-bond acceptors (Lipinski definition) is 6. The third-order valence-electron chi connectivity index (χ3n) is 4.52. The van der Waals surface area contributed by atoms with Crippen LogP contribution >= 0.6 is 0 Å². The highest BCUT2D eigenvalue weighted by Gasteiger charge is 2.31. The molecule has 0 unspecified atom stereocenters. The minimum Gasteiger partial charge on any atom is -0.325 e. The zero-order chi connectivity index (χ0) is 20.9. The summed E-state index contributed by atoms with van der Waals surface area (Å²) in [4.78, 5) is 14.1. The summed E-state index contributed by atoms with van der Waals surface area (Å²) in [6.07, 6.45) is 0. The highest BCUT2D eigenvalue weighted by molar-refractivity contribution is 7.89. The van der Waals surface area contributed by atoms with Crippen molar-refractivity contribution < 1.29 is 21.6 Å².